The third kappa shape index (κ3) is 3.45. The molecule has 0 spiro atoms. The molecule has 1 N–H and O–H groups in total. The second kappa shape index (κ2) is 6.51. The monoisotopic (exact) mass is 334 g/mol. The lowest BCUT2D eigenvalue weighted by Gasteiger charge is -2.19. The van der Waals surface area contributed by atoms with Gasteiger partial charge in [0, 0.05) is 18.3 Å². The van der Waals surface area contributed by atoms with Gasteiger partial charge in [0.25, 0.3) is 0 Å². The molecule has 3 aromatic rings. The number of para-hydroxylation sites is 1. The Kier molecular flexibility index (Phi) is 4.40. The summed E-state index contributed by atoms with van der Waals surface area (Å²) in [4.78, 5) is 12.7. The van der Waals surface area contributed by atoms with Gasteiger partial charge in [-0.05, 0) is 35.2 Å². The number of hydrogen-bond acceptors (Lipinski definition) is 4. The fourth-order valence-corrected chi connectivity index (χ4v) is 2.65. The summed E-state index contributed by atoms with van der Waals surface area (Å²) in [5, 5.41) is 11.2. The first kappa shape index (κ1) is 16.9. The Hall–Kier alpha value is -2.95. The fraction of sp³-hybridized carbons (Fsp3) is 0.250. The number of aromatic nitrogens is 3. The summed E-state index contributed by atoms with van der Waals surface area (Å²) in [6.07, 6.45) is 1.68. The molecule has 0 fully saturated rings. The van der Waals surface area contributed by atoms with E-state index in [2.05, 4.69) is 48.5 Å². The molecule has 3 rings (SSSR count). The maximum atomic E-state index is 12.7. The lowest BCUT2D eigenvalue weighted by atomic mass is 9.87. The summed E-state index contributed by atoms with van der Waals surface area (Å²) in [6, 6.07) is 15.5. The number of carbonyl (C=O) groups is 1. The molecule has 0 aliphatic heterocycles. The maximum Gasteiger partial charge on any atom is 0.216 e. The molecule has 0 aliphatic rings. The molecule has 0 amide bonds. The van der Waals surface area contributed by atoms with E-state index in [1.807, 2.05) is 30.3 Å². The van der Waals surface area contributed by atoms with Gasteiger partial charge in [-0.3, -0.25) is 4.79 Å². The van der Waals surface area contributed by atoms with E-state index in [4.69, 9.17) is 0 Å². The third-order valence-corrected chi connectivity index (χ3v) is 4.14. The van der Waals surface area contributed by atoms with Gasteiger partial charge < -0.3 is 5.32 Å². The molecule has 0 radical (unpaired) electrons. The molecule has 128 valence electrons. The van der Waals surface area contributed by atoms with Crippen molar-refractivity contribution in [3.8, 4) is 5.69 Å². The number of nitrogens with one attached hydrogen (secondary N) is 1. The van der Waals surface area contributed by atoms with Crippen LogP contribution < -0.4 is 5.32 Å². The minimum Gasteiger partial charge on any atom is -0.388 e. The van der Waals surface area contributed by atoms with Crippen molar-refractivity contribution < 1.29 is 4.79 Å². The maximum absolute atomic E-state index is 12.7. The van der Waals surface area contributed by atoms with E-state index in [0.717, 1.165) is 11.4 Å². The van der Waals surface area contributed by atoms with Gasteiger partial charge in [0.05, 0.1) is 11.9 Å². The van der Waals surface area contributed by atoms with Crippen LogP contribution in [0, 0.1) is 0 Å². The summed E-state index contributed by atoms with van der Waals surface area (Å²) in [6.45, 7) is 6.49. The molecular weight excluding hydrogens is 312 g/mol. The van der Waals surface area contributed by atoms with Crippen LogP contribution >= 0.6 is 0 Å². The third-order valence-electron chi connectivity index (χ3n) is 4.14. The lowest BCUT2D eigenvalue weighted by Crippen LogP contribution is -2.11. The van der Waals surface area contributed by atoms with E-state index in [1.54, 1.807) is 24.0 Å². The van der Waals surface area contributed by atoms with Gasteiger partial charge in [-0.25, -0.2) is 4.68 Å². The molecule has 1 aromatic heterocycles. The Morgan fingerprint density at radius 3 is 2.56 bits per heavy atom. The van der Waals surface area contributed by atoms with Crippen molar-refractivity contribution in [2.75, 3.05) is 12.4 Å². The van der Waals surface area contributed by atoms with Gasteiger partial charge in [0.1, 0.15) is 0 Å². The SMILES string of the molecule is CNc1ccccc1C(=O)c1cn(-c2cccc(C(C)(C)C)c2)nn1. The fourth-order valence-electron chi connectivity index (χ4n) is 2.65. The molecule has 0 saturated carbocycles. The van der Waals surface area contributed by atoms with E-state index < -0.39 is 0 Å². The van der Waals surface area contributed by atoms with E-state index in [0.29, 0.717) is 11.3 Å². The Morgan fingerprint density at radius 1 is 1.08 bits per heavy atom. The topological polar surface area (TPSA) is 59.8 Å². The predicted octanol–water partition coefficient (Wildman–Crippen LogP) is 3.84. The highest BCUT2D eigenvalue weighted by Crippen LogP contribution is 2.24. The smallest absolute Gasteiger partial charge is 0.216 e. The van der Waals surface area contributed by atoms with Crippen LogP contribution in [-0.2, 0) is 5.41 Å². The molecular formula is C20H22N4O. The number of ketones is 1. The van der Waals surface area contributed by atoms with Crippen molar-refractivity contribution >= 4 is 11.5 Å². The van der Waals surface area contributed by atoms with Gasteiger partial charge in [-0.2, -0.15) is 0 Å². The van der Waals surface area contributed by atoms with E-state index in [-0.39, 0.29) is 11.2 Å². The number of carbonyl (C=O) groups excluding carboxylic acids is 1. The molecule has 5 nitrogen and oxygen atoms in total. The van der Waals surface area contributed by atoms with E-state index in [1.165, 1.54) is 5.56 Å². The normalized spacial score (nSPS) is 11.4. The molecule has 25 heavy (non-hydrogen) atoms. The predicted molar refractivity (Wildman–Crippen MR) is 99.5 cm³/mol. The van der Waals surface area contributed by atoms with Crippen LogP contribution in [0.1, 0.15) is 42.4 Å². The lowest BCUT2D eigenvalue weighted by molar-refractivity contribution is 0.103. The van der Waals surface area contributed by atoms with Crippen LogP contribution in [0.2, 0.25) is 0 Å². The zero-order chi connectivity index (χ0) is 18.0. The second-order valence-corrected chi connectivity index (χ2v) is 6.97. The van der Waals surface area contributed by atoms with Crippen molar-refractivity contribution in [2.24, 2.45) is 0 Å². The first-order chi connectivity index (χ1) is 11.9. The van der Waals surface area contributed by atoms with Crippen LogP contribution in [0.3, 0.4) is 0 Å². The van der Waals surface area contributed by atoms with Crippen LogP contribution in [0.15, 0.2) is 54.7 Å². The molecule has 0 aliphatic carbocycles. The summed E-state index contributed by atoms with van der Waals surface area (Å²) in [5.74, 6) is -0.150. The summed E-state index contributed by atoms with van der Waals surface area (Å²) in [7, 11) is 1.79. The summed E-state index contributed by atoms with van der Waals surface area (Å²) < 4.78 is 1.64. The van der Waals surface area contributed by atoms with Gasteiger partial charge in [-0.1, -0.05) is 50.3 Å². The molecule has 0 atom stereocenters. The minimum absolute atomic E-state index is 0.0426. The molecule has 5 heteroatoms. The van der Waals surface area contributed by atoms with Crippen molar-refractivity contribution in [2.45, 2.75) is 26.2 Å². The van der Waals surface area contributed by atoms with E-state index in [9.17, 15) is 4.79 Å². The van der Waals surface area contributed by atoms with Crippen molar-refractivity contribution in [1.29, 1.82) is 0 Å². The number of nitrogens with zero attached hydrogens (tertiary/aromatic N) is 3. The molecule has 0 saturated heterocycles. The zero-order valence-electron chi connectivity index (χ0n) is 14.9. The number of rotatable bonds is 4. The molecule has 1 heterocycles. The average Bonchev–Trinajstić information content (AvgIpc) is 3.10. The molecule has 0 bridgehead atoms. The van der Waals surface area contributed by atoms with Gasteiger partial charge in [0.15, 0.2) is 5.69 Å². The highest BCUT2D eigenvalue weighted by Gasteiger charge is 2.18. The van der Waals surface area contributed by atoms with Gasteiger partial charge in [-0.15, -0.1) is 5.10 Å². The van der Waals surface area contributed by atoms with Crippen molar-refractivity contribution in [3.63, 3.8) is 0 Å². The highest BCUT2D eigenvalue weighted by atomic mass is 16.1. The van der Waals surface area contributed by atoms with Gasteiger partial charge in [0.2, 0.25) is 5.78 Å². The van der Waals surface area contributed by atoms with Crippen LogP contribution in [0.5, 0.6) is 0 Å². The quantitative estimate of drug-likeness (QED) is 0.737. The average molecular weight is 334 g/mol. The van der Waals surface area contributed by atoms with Crippen molar-refractivity contribution in [3.05, 3.63) is 71.5 Å². The molecule has 0 unspecified atom stereocenters. The van der Waals surface area contributed by atoms with Crippen molar-refractivity contribution in [1.82, 2.24) is 15.0 Å². The number of hydrogen-bond donors (Lipinski definition) is 1. The Balaban J connectivity index is 1.94. The number of benzene rings is 2. The minimum atomic E-state index is -0.150. The standard InChI is InChI=1S/C20H22N4O/c1-20(2,3)14-8-7-9-15(12-14)24-13-18(22-23-24)19(25)16-10-5-6-11-17(16)21-4/h5-13,21H,1-4H3. The largest absolute Gasteiger partial charge is 0.388 e. The van der Waals surface area contributed by atoms with Crippen LogP contribution in [-0.4, -0.2) is 27.8 Å². The number of anilines is 1. The Bertz CT molecular complexity index is 906. The van der Waals surface area contributed by atoms with Crippen LogP contribution in [0.4, 0.5) is 5.69 Å². The second-order valence-electron chi connectivity index (χ2n) is 6.97. The zero-order valence-corrected chi connectivity index (χ0v) is 14.9. The van der Waals surface area contributed by atoms with Crippen LogP contribution in [0.25, 0.3) is 5.69 Å². The van der Waals surface area contributed by atoms with E-state index >= 15 is 0 Å². The highest BCUT2D eigenvalue weighted by molar-refractivity contribution is 6.11. The van der Waals surface area contributed by atoms with Gasteiger partial charge >= 0.3 is 0 Å². The summed E-state index contributed by atoms with van der Waals surface area (Å²) >= 11 is 0. The first-order valence-electron chi connectivity index (χ1n) is 8.25. The molecule has 2 aromatic carbocycles. The summed E-state index contributed by atoms with van der Waals surface area (Å²) in [5.41, 5.74) is 3.82. The Morgan fingerprint density at radius 2 is 1.84 bits per heavy atom. The Labute approximate surface area is 147 Å². The first-order valence-corrected chi connectivity index (χ1v) is 8.25.